The fourth-order valence-electron chi connectivity index (χ4n) is 1.42. The zero-order chi connectivity index (χ0) is 15.6. The molecule has 0 radical (unpaired) electrons. The van der Waals surface area contributed by atoms with Crippen LogP contribution in [0.1, 0.15) is 29.3 Å². The summed E-state index contributed by atoms with van der Waals surface area (Å²) in [7, 11) is -5.77. The maximum Gasteiger partial charge on any atom is 0.534 e. The van der Waals surface area contributed by atoms with Gasteiger partial charge in [-0.25, -0.2) is 4.79 Å². The van der Waals surface area contributed by atoms with E-state index in [1.54, 1.807) is 6.92 Å². The Morgan fingerprint density at radius 2 is 1.95 bits per heavy atom. The van der Waals surface area contributed by atoms with Crippen LogP contribution in [0.25, 0.3) is 0 Å². The van der Waals surface area contributed by atoms with Gasteiger partial charge in [0.2, 0.25) is 0 Å². The molecule has 0 saturated carbocycles. The third kappa shape index (κ3) is 3.62. The number of aromatic carboxylic acids is 1. The molecular formula is C11H11F3O5S. The summed E-state index contributed by atoms with van der Waals surface area (Å²) in [5.74, 6) is -1.79. The molecule has 0 spiro atoms. The van der Waals surface area contributed by atoms with Gasteiger partial charge < -0.3 is 9.29 Å². The molecule has 1 aromatic rings. The van der Waals surface area contributed by atoms with Crippen LogP contribution < -0.4 is 4.18 Å². The summed E-state index contributed by atoms with van der Waals surface area (Å²) in [5, 5.41) is 8.79. The second kappa shape index (κ2) is 5.70. The number of hydrogen-bond acceptors (Lipinski definition) is 4. The van der Waals surface area contributed by atoms with Crippen LogP contribution in [-0.2, 0) is 16.5 Å². The summed E-state index contributed by atoms with van der Waals surface area (Å²) in [6.07, 6.45) is 0.662. The van der Waals surface area contributed by atoms with Crippen molar-refractivity contribution < 1.29 is 35.7 Å². The Balaban J connectivity index is 3.22. The molecule has 0 heterocycles. The summed E-state index contributed by atoms with van der Waals surface area (Å²) in [4.78, 5) is 10.8. The summed E-state index contributed by atoms with van der Waals surface area (Å²) in [6, 6.07) is 2.97. The van der Waals surface area contributed by atoms with Crippen molar-refractivity contribution in [2.24, 2.45) is 0 Å². The van der Waals surface area contributed by atoms with Gasteiger partial charge in [-0.2, -0.15) is 21.6 Å². The van der Waals surface area contributed by atoms with Gasteiger partial charge >= 0.3 is 21.6 Å². The second-order valence-electron chi connectivity index (χ2n) is 3.86. The predicted molar refractivity (Wildman–Crippen MR) is 63.0 cm³/mol. The normalized spacial score (nSPS) is 12.2. The summed E-state index contributed by atoms with van der Waals surface area (Å²) in [5.41, 5.74) is -5.62. The Labute approximate surface area is 113 Å². The molecule has 0 unspecified atom stereocenters. The summed E-state index contributed by atoms with van der Waals surface area (Å²) in [6.45, 7) is 1.70. The Hall–Kier alpha value is -1.77. The second-order valence-corrected chi connectivity index (χ2v) is 5.40. The molecule has 20 heavy (non-hydrogen) atoms. The molecule has 1 aromatic carbocycles. The van der Waals surface area contributed by atoms with E-state index in [9.17, 15) is 26.4 Å². The van der Waals surface area contributed by atoms with Crippen LogP contribution in [0.4, 0.5) is 13.2 Å². The highest BCUT2D eigenvalue weighted by Gasteiger charge is 2.48. The third-order valence-electron chi connectivity index (χ3n) is 2.31. The van der Waals surface area contributed by atoms with E-state index in [0.29, 0.717) is 6.42 Å². The van der Waals surface area contributed by atoms with E-state index in [1.165, 1.54) is 0 Å². The predicted octanol–water partition coefficient (Wildman–Crippen LogP) is 2.57. The minimum Gasteiger partial charge on any atom is -0.478 e. The lowest BCUT2D eigenvalue weighted by Crippen LogP contribution is -2.28. The van der Waals surface area contributed by atoms with E-state index in [-0.39, 0.29) is 17.5 Å². The largest absolute Gasteiger partial charge is 0.534 e. The zero-order valence-corrected chi connectivity index (χ0v) is 11.1. The molecular weight excluding hydrogens is 301 g/mol. The van der Waals surface area contributed by atoms with Crippen LogP contribution >= 0.6 is 0 Å². The average molecular weight is 312 g/mol. The third-order valence-corrected chi connectivity index (χ3v) is 3.28. The molecule has 1 rings (SSSR count). The Morgan fingerprint density at radius 3 is 2.40 bits per heavy atom. The Morgan fingerprint density at radius 1 is 1.35 bits per heavy atom. The minimum atomic E-state index is -5.77. The van der Waals surface area contributed by atoms with Gasteiger partial charge in [0.05, 0.1) is 5.56 Å². The van der Waals surface area contributed by atoms with Gasteiger partial charge in [-0.05, 0) is 30.2 Å². The van der Waals surface area contributed by atoms with Crippen molar-refractivity contribution in [1.29, 1.82) is 0 Å². The van der Waals surface area contributed by atoms with Crippen molar-refractivity contribution in [3.05, 3.63) is 29.3 Å². The maximum atomic E-state index is 12.2. The van der Waals surface area contributed by atoms with E-state index < -0.39 is 27.3 Å². The lowest BCUT2D eigenvalue weighted by molar-refractivity contribution is -0.0500. The standard InChI is InChI=1S/C11H11F3O5S/c1-2-3-7-6-8(10(15)16)4-5-9(7)19-20(17,18)11(12,13)14/h4-6H,2-3H2,1H3,(H,15,16). The first-order valence-corrected chi connectivity index (χ1v) is 6.86. The van der Waals surface area contributed by atoms with Crippen molar-refractivity contribution in [1.82, 2.24) is 0 Å². The SMILES string of the molecule is CCCc1cc(C(=O)O)ccc1OS(=O)(=O)C(F)(F)F. The number of rotatable bonds is 5. The number of carbonyl (C=O) groups is 1. The van der Waals surface area contributed by atoms with Crippen LogP contribution in [0.15, 0.2) is 18.2 Å². The topological polar surface area (TPSA) is 80.7 Å². The van der Waals surface area contributed by atoms with Gasteiger partial charge in [0.15, 0.2) is 0 Å². The molecule has 0 aliphatic carbocycles. The van der Waals surface area contributed by atoms with E-state index in [0.717, 1.165) is 18.2 Å². The molecule has 0 aromatic heterocycles. The monoisotopic (exact) mass is 312 g/mol. The molecule has 0 saturated heterocycles. The minimum absolute atomic E-state index is 0.0835. The Kier molecular flexibility index (Phi) is 4.64. The smallest absolute Gasteiger partial charge is 0.478 e. The number of benzene rings is 1. The van der Waals surface area contributed by atoms with Gasteiger partial charge in [0.1, 0.15) is 5.75 Å². The van der Waals surface area contributed by atoms with Crippen LogP contribution in [0, 0.1) is 0 Å². The lowest BCUT2D eigenvalue weighted by Gasteiger charge is -2.13. The van der Waals surface area contributed by atoms with Crippen molar-refractivity contribution in [2.75, 3.05) is 0 Å². The highest BCUT2D eigenvalue weighted by Crippen LogP contribution is 2.30. The van der Waals surface area contributed by atoms with E-state index >= 15 is 0 Å². The van der Waals surface area contributed by atoms with E-state index in [4.69, 9.17) is 5.11 Å². The summed E-state index contributed by atoms with van der Waals surface area (Å²) < 4.78 is 62.6. The Bertz CT molecular complexity index is 607. The number of halogens is 3. The first-order chi connectivity index (χ1) is 9.08. The van der Waals surface area contributed by atoms with Gasteiger partial charge in [-0.15, -0.1) is 0 Å². The molecule has 112 valence electrons. The fraction of sp³-hybridized carbons (Fsp3) is 0.364. The molecule has 1 N–H and O–H groups in total. The lowest BCUT2D eigenvalue weighted by atomic mass is 10.1. The highest BCUT2D eigenvalue weighted by molar-refractivity contribution is 7.88. The summed E-state index contributed by atoms with van der Waals surface area (Å²) >= 11 is 0. The van der Waals surface area contributed by atoms with Crippen molar-refractivity contribution in [3.8, 4) is 5.75 Å². The molecule has 0 fully saturated rings. The fourth-order valence-corrected chi connectivity index (χ4v) is 1.92. The molecule has 0 amide bonds. The van der Waals surface area contributed by atoms with Gasteiger partial charge in [0.25, 0.3) is 0 Å². The van der Waals surface area contributed by atoms with Crippen LogP contribution in [0.5, 0.6) is 5.75 Å². The highest BCUT2D eigenvalue weighted by atomic mass is 32.2. The number of alkyl halides is 3. The molecule has 9 heteroatoms. The van der Waals surface area contributed by atoms with Crippen molar-refractivity contribution in [3.63, 3.8) is 0 Å². The number of carboxylic acids is 1. The van der Waals surface area contributed by atoms with Crippen molar-refractivity contribution >= 4 is 16.1 Å². The van der Waals surface area contributed by atoms with Crippen LogP contribution in [-0.4, -0.2) is 25.0 Å². The average Bonchev–Trinajstić information content (AvgIpc) is 2.29. The maximum absolute atomic E-state index is 12.2. The number of carboxylic acid groups (broad SMARTS) is 1. The number of hydrogen-bond donors (Lipinski definition) is 1. The molecule has 0 atom stereocenters. The zero-order valence-electron chi connectivity index (χ0n) is 10.3. The van der Waals surface area contributed by atoms with Crippen LogP contribution in [0.3, 0.4) is 0 Å². The number of aryl methyl sites for hydroxylation is 1. The van der Waals surface area contributed by atoms with Crippen LogP contribution in [0.2, 0.25) is 0 Å². The van der Waals surface area contributed by atoms with Gasteiger partial charge in [0, 0.05) is 0 Å². The van der Waals surface area contributed by atoms with Gasteiger partial charge in [-0.1, -0.05) is 13.3 Å². The first-order valence-electron chi connectivity index (χ1n) is 5.45. The quantitative estimate of drug-likeness (QED) is 0.667. The molecule has 5 nitrogen and oxygen atoms in total. The van der Waals surface area contributed by atoms with E-state index in [2.05, 4.69) is 4.18 Å². The molecule has 0 bridgehead atoms. The first kappa shape index (κ1) is 16.3. The van der Waals surface area contributed by atoms with E-state index in [1.807, 2.05) is 0 Å². The van der Waals surface area contributed by atoms with Crippen molar-refractivity contribution in [2.45, 2.75) is 25.3 Å². The molecule has 0 aliphatic rings. The van der Waals surface area contributed by atoms with Gasteiger partial charge in [-0.3, -0.25) is 0 Å². The molecule has 0 aliphatic heterocycles.